The molecule has 2 rings (SSSR count). The van der Waals surface area contributed by atoms with E-state index in [1.165, 1.54) is 5.56 Å². The summed E-state index contributed by atoms with van der Waals surface area (Å²) in [5.41, 5.74) is 1.22. The molecule has 0 radical (unpaired) electrons. The van der Waals surface area contributed by atoms with Gasteiger partial charge in [0.2, 0.25) is 0 Å². The number of hydrogen-bond acceptors (Lipinski definition) is 3. The molecule has 0 amide bonds. The number of aryl methyl sites for hydroxylation is 1. The number of aromatic nitrogens is 3. The van der Waals surface area contributed by atoms with E-state index in [1.54, 1.807) is 6.20 Å². The van der Waals surface area contributed by atoms with Crippen LogP contribution in [-0.2, 0) is 13.5 Å². The molecule has 0 bridgehead atoms. The van der Waals surface area contributed by atoms with Crippen molar-refractivity contribution in [2.45, 2.75) is 19.4 Å². The zero-order chi connectivity index (χ0) is 12.1. The molecule has 17 heavy (non-hydrogen) atoms. The Kier molecular flexibility index (Phi) is 3.88. The summed E-state index contributed by atoms with van der Waals surface area (Å²) in [4.78, 5) is 8.42. The summed E-state index contributed by atoms with van der Waals surface area (Å²) in [6.07, 6.45) is 8.44. The van der Waals surface area contributed by atoms with Crippen LogP contribution in [0.5, 0.6) is 0 Å². The summed E-state index contributed by atoms with van der Waals surface area (Å²) < 4.78 is 2.05. The number of nitrogens with zero attached hydrogens (tertiary/aromatic N) is 3. The van der Waals surface area contributed by atoms with E-state index < -0.39 is 0 Å². The molecule has 2 aromatic rings. The highest BCUT2D eigenvalue weighted by Crippen LogP contribution is 2.09. The second-order valence-corrected chi connectivity index (χ2v) is 4.17. The lowest BCUT2D eigenvalue weighted by Gasteiger charge is -2.13. The van der Waals surface area contributed by atoms with Gasteiger partial charge in [0.05, 0.1) is 0 Å². The first-order chi connectivity index (χ1) is 8.27. The minimum atomic E-state index is 0.323. The molecule has 0 saturated carbocycles. The van der Waals surface area contributed by atoms with Crippen molar-refractivity contribution in [3.8, 4) is 0 Å². The van der Waals surface area contributed by atoms with E-state index in [1.807, 2.05) is 31.7 Å². The first-order valence-corrected chi connectivity index (χ1v) is 5.87. The Hall–Kier alpha value is -1.68. The fraction of sp³-hybridized carbons (Fsp3) is 0.385. The van der Waals surface area contributed by atoms with Gasteiger partial charge in [0.15, 0.2) is 0 Å². The average molecular weight is 230 g/mol. The highest BCUT2D eigenvalue weighted by atomic mass is 15.0. The first kappa shape index (κ1) is 11.8. The van der Waals surface area contributed by atoms with Crippen molar-refractivity contribution in [2.75, 3.05) is 6.54 Å². The van der Waals surface area contributed by atoms with Gasteiger partial charge in [-0.05, 0) is 18.6 Å². The van der Waals surface area contributed by atoms with Gasteiger partial charge in [-0.15, -0.1) is 0 Å². The molecular formula is C13H18N4. The van der Waals surface area contributed by atoms with E-state index in [-0.39, 0.29) is 0 Å². The molecule has 0 spiro atoms. The SMILES string of the molecule is CC(NCCc1nccn1C)c1cccnc1. The van der Waals surface area contributed by atoms with Gasteiger partial charge in [0, 0.05) is 50.8 Å². The van der Waals surface area contributed by atoms with E-state index in [0.29, 0.717) is 6.04 Å². The zero-order valence-corrected chi connectivity index (χ0v) is 10.3. The standard InChI is InChI=1S/C13H18N4/c1-11(12-4-3-6-14-10-12)15-7-5-13-16-8-9-17(13)2/h3-4,6,8-11,15H,5,7H2,1-2H3. The Morgan fingerprint density at radius 1 is 1.41 bits per heavy atom. The summed E-state index contributed by atoms with van der Waals surface area (Å²) in [6.45, 7) is 3.07. The van der Waals surface area contributed by atoms with Crippen molar-refractivity contribution >= 4 is 0 Å². The fourth-order valence-corrected chi connectivity index (χ4v) is 1.79. The number of pyridine rings is 1. The maximum absolute atomic E-state index is 4.30. The maximum atomic E-state index is 4.30. The van der Waals surface area contributed by atoms with E-state index in [4.69, 9.17) is 0 Å². The van der Waals surface area contributed by atoms with Crippen LogP contribution in [0.1, 0.15) is 24.4 Å². The molecule has 2 aromatic heterocycles. The summed E-state index contributed by atoms with van der Waals surface area (Å²) >= 11 is 0. The van der Waals surface area contributed by atoms with Crippen LogP contribution in [0.15, 0.2) is 36.9 Å². The molecular weight excluding hydrogens is 212 g/mol. The van der Waals surface area contributed by atoms with Gasteiger partial charge in [-0.3, -0.25) is 4.98 Å². The molecule has 1 unspecified atom stereocenters. The lowest BCUT2D eigenvalue weighted by molar-refractivity contribution is 0.563. The van der Waals surface area contributed by atoms with Crippen molar-refractivity contribution in [1.82, 2.24) is 19.9 Å². The number of rotatable bonds is 5. The van der Waals surface area contributed by atoms with Crippen molar-refractivity contribution in [2.24, 2.45) is 7.05 Å². The molecule has 0 aliphatic heterocycles. The van der Waals surface area contributed by atoms with Crippen LogP contribution in [0.2, 0.25) is 0 Å². The molecule has 0 aliphatic rings. The minimum absolute atomic E-state index is 0.323. The van der Waals surface area contributed by atoms with Crippen LogP contribution < -0.4 is 5.32 Å². The third-order valence-electron chi connectivity index (χ3n) is 2.90. The van der Waals surface area contributed by atoms with Gasteiger partial charge in [-0.1, -0.05) is 6.07 Å². The molecule has 1 N–H and O–H groups in total. The Labute approximate surface area is 102 Å². The molecule has 0 saturated heterocycles. The molecule has 0 fully saturated rings. The van der Waals surface area contributed by atoms with Crippen molar-refractivity contribution < 1.29 is 0 Å². The molecule has 4 nitrogen and oxygen atoms in total. The normalized spacial score (nSPS) is 12.6. The topological polar surface area (TPSA) is 42.7 Å². The van der Waals surface area contributed by atoms with Gasteiger partial charge in [0.1, 0.15) is 5.82 Å². The largest absolute Gasteiger partial charge is 0.338 e. The van der Waals surface area contributed by atoms with Gasteiger partial charge in [-0.25, -0.2) is 4.98 Å². The summed E-state index contributed by atoms with van der Waals surface area (Å²) in [6, 6.07) is 4.38. The molecule has 0 aromatic carbocycles. The summed E-state index contributed by atoms with van der Waals surface area (Å²) in [5.74, 6) is 1.11. The Balaban J connectivity index is 1.81. The van der Waals surface area contributed by atoms with Crippen LogP contribution >= 0.6 is 0 Å². The summed E-state index contributed by atoms with van der Waals surface area (Å²) in [5, 5.41) is 3.47. The Morgan fingerprint density at radius 3 is 2.94 bits per heavy atom. The van der Waals surface area contributed by atoms with Crippen LogP contribution in [0.25, 0.3) is 0 Å². The van der Waals surface area contributed by atoms with E-state index in [9.17, 15) is 0 Å². The first-order valence-electron chi connectivity index (χ1n) is 5.87. The van der Waals surface area contributed by atoms with Crippen molar-refractivity contribution in [3.63, 3.8) is 0 Å². The van der Waals surface area contributed by atoms with Crippen molar-refractivity contribution in [3.05, 3.63) is 48.3 Å². The lowest BCUT2D eigenvalue weighted by Crippen LogP contribution is -2.22. The number of imidazole rings is 1. The molecule has 0 aliphatic carbocycles. The molecule has 2 heterocycles. The van der Waals surface area contributed by atoms with E-state index in [2.05, 4.69) is 32.8 Å². The second kappa shape index (κ2) is 5.59. The third-order valence-corrected chi connectivity index (χ3v) is 2.90. The molecule has 4 heteroatoms. The Morgan fingerprint density at radius 2 is 2.29 bits per heavy atom. The van der Waals surface area contributed by atoms with Gasteiger partial charge < -0.3 is 9.88 Å². The second-order valence-electron chi connectivity index (χ2n) is 4.17. The van der Waals surface area contributed by atoms with Crippen LogP contribution in [0.3, 0.4) is 0 Å². The molecule has 90 valence electrons. The quantitative estimate of drug-likeness (QED) is 0.850. The maximum Gasteiger partial charge on any atom is 0.109 e. The predicted octanol–water partition coefficient (Wildman–Crippen LogP) is 1.71. The van der Waals surface area contributed by atoms with Crippen LogP contribution in [-0.4, -0.2) is 21.1 Å². The lowest BCUT2D eigenvalue weighted by atomic mass is 10.1. The number of nitrogens with one attached hydrogen (secondary N) is 1. The van der Waals surface area contributed by atoms with Gasteiger partial charge in [0.25, 0.3) is 0 Å². The van der Waals surface area contributed by atoms with Crippen LogP contribution in [0.4, 0.5) is 0 Å². The third kappa shape index (κ3) is 3.14. The highest BCUT2D eigenvalue weighted by Gasteiger charge is 2.05. The zero-order valence-electron chi connectivity index (χ0n) is 10.3. The van der Waals surface area contributed by atoms with Crippen LogP contribution in [0, 0.1) is 0 Å². The predicted molar refractivity (Wildman–Crippen MR) is 67.6 cm³/mol. The summed E-state index contributed by atoms with van der Waals surface area (Å²) in [7, 11) is 2.02. The minimum Gasteiger partial charge on any atom is -0.338 e. The Bertz CT molecular complexity index is 449. The van der Waals surface area contributed by atoms with E-state index >= 15 is 0 Å². The van der Waals surface area contributed by atoms with Gasteiger partial charge >= 0.3 is 0 Å². The highest BCUT2D eigenvalue weighted by molar-refractivity contribution is 5.12. The van der Waals surface area contributed by atoms with Gasteiger partial charge in [-0.2, -0.15) is 0 Å². The average Bonchev–Trinajstić information content (AvgIpc) is 2.76. The smallest absolute Gasteiger partial charge is 0.109 e. The number of hydrogen-bond donors (Lipinski definition) is 1. The van der Waals surface area contributed by atoms with E-state index in [0.717, 1.165) is 18.8 Å². The molecule has 1 atom stereocenters. The van der Waals surface area contributed by atoms with Crippen molar-refractivity contribution in [1.29, 1.82) is 0 Å². The fourth-order valence-electron chi connectivity index (χ4n) is 1.79. The monoisotopic (exact) mass is 230 g/mol.